The summed E-state index contributed by atoms with van der Waals surface area (Å²) >= 11 is 0. The number of benzene rings is 1. The van der Waals surface area contributed by atoms with Crippen molar-refractivity contribution in [2.75, 3.05) is 6.54 Å². The van der Waals surface area contributed by atoms with Gasteiger partial charge in [0.2, 0.25) is 0 Å². The standard InChI is InChI=1S/C10H12FNO2/c11-9-4-2-1-3-7(9)5-8(6-12)10(13)14/h1-4,8H,5-6,12H2,(H,13,14). The van der Waals surface area contributed by atoms with Crippen LogP contribution in [0.5, 0.6) is 0 Å². The van der Waals surface area contributed by atoms with Crippen LogP contribution in [0.4, 0.5) is 4.39 Å². The Bertz CT molecular complexity index is 328. The second-order valence-corrected chi connectivity index (χ2v) is 3.07. The van der Waals surface area contributed by atoms with Crippen molar-refractivity contribution < 1.29 is 14.3 Å². The van der Waals surface area contributed by atoms with Gasteiger partial charge in [0.15, 0.2) is 0 Å². The third-order valence-electron chi connectivity index (χ3n) is 2.06. The van der Waals surface area contributed by atoms with Gasteiger partial charge in [-0.15, -0.1) is 0 Å². The number of carbonyl (C=O) groups is 1. The first kappa shape index (κ1) is 10.7. The highest BCUT2D eigenvalue weighted by molar-refractivity contribution is 5.70. The number of halogens is 1. The second kappa shape index (κ2) is 4.72. The molecule has 3 N–H and O–H groups in total. The van der Waals surface area contributed by atoms with Crippen molar-refractivity contribution >= 4 is 5.97 Å². The normalized spacial score (nSPS) is 12.4. The third-order valence-corrected chi connectivity index (χ3v) is 2.06. The first-order valence-electron chi connectivity index (χ1n) is 4.31. The van der Waals surface area contributed by atoms with Gasteiger partial charge in [-0.2, -0.15) is 0 Å². The molecule has 0 saturated carbocycles. The highest BCUT2D eigenvalue weighted by Crippen LogP contribution is 2.12. The van der Waals surface area contributed by atoms with E-state index >= 15 is 0 Å². The smallest absolute Gasteiger partial charge is 0.308 e. The van der Waals surface area contributed by atoms with E-state index in [1.54, 1.807) is 18.2 Å². The maximum absolute atomic E-state index is 13.1. The van der Waals surface area contributed by atoms with Crippen LogP contribution in [0.15, 0.2) is 24.3 Å². The maximum atomic E-state index is 13.1. The highest BCUT2D eigenvalue weighted by Gasteiger charge is 2.17. The van der Waals surface area contributed by atoms with E-state index in [9.17, 15) is 9.18 Å². The zero-order valence-electron chi connectivity index (χ0n) is 7.61. The van der Waals surface area contributed by atoms with Crippen molar-refractivity contribution in [1.29, 1.82) is 0 Å². The molecule has 0 heterocycles. The molecule has 1 rings (SSSR count). The fraction of sp³-hybridized carbons (Fsp3) is 0.300. The number of nitrogens with two attached hydrogens (primary N) is 1. The number of carboxylic acids is 1. The molecule has 0 spiro atoms. The Kier molecular flexibility index (Phi) is 3.59. The molecule has 0 aliphatic heterocycles. The van der Waals surface area contributed by atoms with Crippen molar-refractivity contribution in [3.05, 3.63) is 35.6 Å². The molecular weight excluding hydrogens is 185 g/mol. The number of hydrogen-bond acceptors (Lipinski definition) is 2. The van der Waals surface area contributed by atoms with Gasteiger partial charge in [0.1, 0.15) is 5.82 Å². The molecule has 1 unspecified atom stereocenters. The lowest BCUT2D eigenvalue weighted by Crippen LogP contribution is -2.25. The van der Waals surface area contributed by atoms with Crippen LogP contribution in [0.3, 0.4) is 0 Å². The van der Waals surface area contributed by atoms with Crippen LogP contribution in [0.25, 0.3) is 0 Å². The number of aliphatic carboxylic acids is 1. The number of hydrogen-bond donors (Lipinski definition) is 2. The van der Waals surface area contributed by atoms with Gasteiger partial charge in [-0.05, 0) is 18.1 Å². The number of carboxylic acid groups (broad SMARTS) is 1. The molecule has 1 atom stereocenters. The van der Waals surface area contributed by atoms with E-state index < -0.39 is 11.9 Å². The molecule has 3 nitrogen and oxygen atoms in total. The summed E-state index contributed by atoms with van der Waals surface area (Å²) in [5.41, 5.74) is 5.66. The molecule has 0 fully saturated rings. The quantitative estimate of drug-likeness (QED) is 0.757. The van der Waals surface area contributed by atoms with Crippen LogP contribution >= 0.6 is 0 Å². The van der Waals surface area contributed by atoms with Crippen LogP contribution < -0.4 is 5.73 Å². The van der Waals surface area contributed by atoms with Gasteiger partial charge in [0, 0.05) is 6.54 Å². The van der Waals surface area contributed by atoms with Gasteiger partial charge in [0.05, 0.1) is 5.92 Å². The topological polar surface area (TPSA) is 63.3 Å². The van der Waals surface area contributed by atoms with Crippen LogP contribution in [0, 0.1) is 11.7 Å². The number of rotatable bonds is 4. The van der Waals surface area contributed by atoms with E-state index in [0.717, 1.165) is 0 Å². The zero-order valence-corrected chi connectivity index (χ0v) is 7.61. The van der Waals surface area contributed by atoms with Gasteiger partial charge in [-0.3, -0.25) is 4.79 Å². The summed E-state index contributed by atoms with van der Waals surface area (Å²) in [5.74, 6) is -2.09. The summed E-state index contributed by atoms with van der Waals surface area (Å²) in [7, 11) is 0. The van der Waals surface area contributed by atoms with Crippen molar-refractivity contribution in [3.63, 3.8) is 0 Å². The lowest BCUT2D eigenvalue weighted by molar-refractivity contribution is -0.141. The van der Waals surface area contributed by atoms with Crippen LogP contribution in [-0.2, 0) is 11.2 Å². The van der Waals surface area contributed by atoms with Gasteiger partial charge in [-0.25, -0.2) is 4.39 Å². The zero-order chi connectivity index (χ0) is 10.6. The van der Waals surface area contributed by atoms with Crippen LogP contribution in [0.1, 0.15) is 5.56 Å². The summed E-state index contributed by atoms with van der Waals surface area (Å²) in [6.07, 6.45) is 0.137. The maximum Gasteiger partial charge on any atom is 0.308 e. The molecule has 0 saturated heterocycles. The lowest BCUT2D eigenvalue weighted by atomic mass is 9.99. The average molecular weight is 197 g/mol. The van der Waals surface area contributed by atoms with Gasteiger partial charge < -0.3 is 10.8 Å². The molecule has 1 aromatic rings. The summed E-state index contributed by atoms with van der Waals surface area (Å²) in [5, 5.41) is 8.72. The Labute approximate surface area is 81.4 Å². The van der Waals surface area contributed by atoms with Crippen molar-refractivity contribution in [2.45, 2.75) is 6.42 Å². The van der Waals surface area contributed by atoms with Gasteiger partial charge >= 0.3 is 5.97 Å². The van der Waals surface area contributed by atoms with E-state index in [1.165, 1.54) is 6.07 Å². The minimum absolute atomic E-state index is 0.0175. The first-order chi connectivity index (χ1) is 6.65. The molecule has 0 aliphatic rings. The van der Waals surface area contributed by atoms with Crippen molar-refractivity contribution in [2.24, 2.45) is 11.7 Å². The molecule has 0 aliphatic carbocycles. The van der Waals surface area contributed by atoms with E-state index in [0.29, 0.717) is 5.56 Å². The minimum atomic E-state index is -0.990. The molecular formula is C10H12FNO2. The summed E-state index contributed by atoms with van der Waals surface area (Å²) in [6.45, 7) is 0.0175. The Hall–Kier alpha value is -1.42. The largest absolute Gasteiger partial charge is 0.481 e. The fourth-order valence-corrected chi connectivity index (χ4v) is 1.20. The molecule has 0 bridgehead atoms. The van der Waals surface area contributed by atoms with Crippen molar-refractivity contribution in [1.82, 2.24) is 0 Å². The summed E-state index contributed by atoms with van der Waals surface area (Å²) in [6, 6.07) is 6.12. The SMILES string of the molecule is NCC(Cc1ccccc1F)C(=O)O. The first-order valence-corrected chi connectivity index (χ1v) is 4.31. The lowest BCUT2D eigenvalue weighted by Gasteiger charge is -2.09. The Morgan fingerprint density at radius 1 is 1.50 bits per heavy atom. The molecule has 0 radical (unpaired) electrons. The molecule has 76 valence electrons. The molecule has 0 amide bonds. The highest BCUT2D eigenvalue weighted by atomic mass is 19.1. The molecule has 14 heavy (non-hydrogen) atoms. The van der Waals surface area contributed by atoms with E-state index in [4.69, 9.17) is 10.8 Å². The van der Waals surface area contributed by atoms with E-state index in [-0.39, 0.29) is 18.8 Å². The van der Waals surface area contributed by atoms with Gasteiger partial charge in [0.25, 0.3) is 0 Å². The minimum Gasteiger partial charge on any atom is -0.481 e. The summed E-state index contributed by atoms with van der Waals surface area (Å²) in [4.78, 5) is 10.6. The van der Waals surface area contributed by atoms with Gasteiger partial charge in [-0.1, -0.05) is 18.2 Å². The monoisotopic (exact) mass is 197 g/mol. The molecule has 0 aromatic heterocycles. The Morgan fingerprint density at radius 3 is 2.64 bits per heavy atom. The fourth-order valence-electron chi connectivity index (χ4n) is 1.20. The average Bonchev–Trinajstić information content (AvgIpc) is 2.16. The van der Waals surface area contributed by atoms with Crippen LogP contribution in [0.2, 0.25) is 0 Å². The predicted octanol–water partition coefficient (Wildman–Crippen LogP) is 1.03. The van der Waals surface area contributed by atoms with E-state index in [2.05, 4.69) is 0 Å². The van der Waals surface area contributed by atoms with E-state index in [1.807, 2.05) is 0 Å². The summed E-state index contributed by atoms with van der Waals surface area (Å²) < 4.78 is 13.1. The molecule has 4 heteroatoms. The van der Waals surface area contributed by atoms with Crippen LogP contribution in [-0.4, -0.2) is 17.6 Å². The van der Waals surface area contributed by atoms with Crippen molar-refractivity contribution in [3.8, 4) is 0 Å². The second-order valence-electron chi connectivity index (χ2n) is 3.07. The third kappa shape index (κ3) is 2.53. The Morgan fingerprint density at radius 2 is 2.14 bits per heavy atom. The Balaban J connectivity index is 2.77. The predicted molar refractivity (Wildman–Crippen MR) is 50.3 cm³/mol. The molecule has 1 aromatic carbocycles.